The van der Waals surface area contributed by atoms with Crippen LogP contribution in [-0.4, -0.2) is 25.5 Å². The first-order chi connectivity index (χ1) is 10.0. The van der Waals surface area contributed by atoms with Gasteiger partial charge in [-0.1, -0.05) is 31.9 Å². The standard InChI is InChI=1S/C17H23NO3/c1-17(10-3-4-11-17)16(20)18-12-9-13-5-7-14(8-6-13)15(19)21-2/h5-8H,3-4,9-12H2,1-2H3,(H,18,20). The molecule has 1 aromatic rings. The molecule has 1 saturated carbocycles. The molecular weight excluding hydrogens is 266 g/mol. The number of amides is 1. The van der Waals surface area contributed by atoms with Crippen molar-refractivity contribution in [2.24, 2.45) is 5.41 Å². The lowest BCUT2D eigenvalue weighted by Gasteiger charge is -2.22. The molecular formula is C17H23NO3. The lowest BCUT2D eigenvalue weighted by atomic mass is 9.88. The van der Waals surface area contributed by atoms with Crippen LogP contribution in [0, 0.1) is 5.41 Å². The molecule has 1 aromatic carbocycles. The van der Waals surface area contributed by atoms with Crippen molar-refractivity contribution in [3.05, 3.63) is 35.4 Å². The number of methoxy groups -OCH3 is 1. The van der Waals surface area contributed by atoms with Gasteiger partial charge in [0.2, 0.25) is 5.91 Å². The molecule has 2 rings (SSSR count). The van der Waals surface area contributed by atoms with Gasteiger partial charge in [-0.25, -0.2) is 4.79 Å². The topological polar surface area (TPSA) is 55.4 Å². The number of carbonyl (C=O) groups is 2. The Bertz CT molecular complexity index is 501. The second-order valence-electron chi connectivity index (χ2n) is 5.96. The van der Waals surface area contributed by atoms with Crippen molar-refractivity contribution >= 4 is 11.9 Å². The minimum absolute atomic E-state index is 0.172. The molecule has 0 aromatic heterocycles. The molecule has 1 fully saturated rings. The molecule has 114 valence electrons. The van der Waals surface area contributed by atoms with Gasteiger partial charge in [0.15, 0.2) is 0 Å². The fourth-order valence-corrected chi connectivity index (χ4v) is 2.84. The minimum atomic E-state index is -0.330. The fraction of sp³-hybridized carbons (Fsp3) is 0.529. The zero-order valence-corrected chi connectivity index (χ0v) is 12.8. The summed E-state index contributed by atoms with van der Waals surface area (Å²) in [6.07, 6.45) is 5.06. The number of hydrogen-bond acceptors (Lipinski definition) is 3. The van der Waals surface area contributed by atoms with Gasteiger partial charge in [0, 0.05) is 12.0 Å². The van der Waals surface area contributed by atoms with E-state index in [-0.39, 0.29) is 17.3 Å². The highest BCUT2D eigenvalue weighted by Gasteiger charge is 2.35. The van der Waals surface area contributed by atoms with E-state index in [1.165, 1.54) is 7.11 Å². The predicted octanol–water partition coefficient (Wildman–Crippen LogP) is 2.71. The number of hydrogen-bond donors (Lipinski definition) is 1. The second-order valence-corrected chi connectivity index (χ2v) is 5.96. The summed E-state index contributed by atoms with van der Waals surface area (Å²) in [4.78, 5) is 23.5. The molecule has 0 radical (unpaired) electrons. The smallest absolute Gasteiger partial charge is 0.337 e. The molecule has 0 bridgehead atoms. The number of rotatable bonds is 5. The maximum absolute atomic E-state index is 12.2. The van der Waals surface area contributed by atoms with Crippen LogP contribution in [0.5, 0.6) is 0 Å². The molecule has 1 aliphatic rings. The summed E-state index contributed by atoms with van der Waals surface area (Å²) < 4.78 is 4.66. The quantitative estimate of drug-likeness (QED) is 0.848. The lowest BCUT2D eigenvalue weighted by molar-refractivity contribution is -0.129. The molecule has 0 aliphatic heterocycles. The van der Waals surface area contributed by atoms with E-state index >= 15 is 0 Å². The predicted molar refractivity (Wildman–Crippen MR) is 81.1 cm³/mol. The van der Waals surface area contributed by atoms with Crippen LogP contribution in [0.4, 0.5) is 0 Å². The highest BCUT2D eigenvalue weighted by molar-refractivity contribution is 5.89. The summed E-state index contributed by atoms with van der Waals surface area (Å²) in [6.45, 7) is 2.69. The van der Waals surface area contributed by atoms with Crippen molar-refractivity contribution in [3.8, 4) is 0 Å². The molecule has 4 heteroatoms. The SMILES string of the molecule is COC(=O)c1ccc(CCNC(=O)C2(C)CCCC2)cc1. The summed E-state index contributed by atoms with van der Waals surface area (Å²) in [7, 11) is 1.37. The van der Waals surface area contributed by atoms with Crippen LogP contribution < -0.4 is 5.32 Å². The van der Waals surface area contributed by atoms with E-state index in [1.54, 1.807) is 12.1 Å². The van der Waals surface area contributed by atoms with E-state index < -0.39 is 0 Å². The molecule has 0 saturated heterocycles. The average molecular weight is 289 g/mol. The van der Waals surface area contributed by atoms with Gasteiger partial charge in [0.05, 0.1) is 12.7 Å². The van der Waals surface area contributed by atoms with Crippen molar-refractivity contribution in [1.82, 2.24) is 5.32 Å². The molecule has 0 atom stereocenters. The Kier molecular flexibility index (Phi) is 4.99. The molecule has 4 nitrogen and oxygen atoms in total. The number of benzene rings is 1. The van der Waals surface area contributed by atoms with Crippen LogP contribution in [0.1, 0.15) is 48.5 Å². The number of nitrogens with one attached hydrogen (secondary N) is 1. The van der Waals surface area contributed by atoms with E-state index in [0.717, 1.165) is 37.7 Å². The van der Waals surface area contributed by atoms with E-state index in [0.29, 0.717) is 12.1 Å². The third-order valence-electron chi connectivity index (χ3n) is 4.33. The molecule has 1 amide bonds. The minimum Gasteiger partial charge on any atom is -0.465 e. The molecule has 0 unspecified atom stereocenters. The van der Waals surface area contributed by atoms with Crippen molar-refractivity contribution in [2.45, 2.75) is 39.0 Å². The monoisotopic (exact) mass is 289 g/mol. The van der Waals surface area contributed by atoms with Gasteiger partial charge in [-0.2, -0.15) is 0 Å². The van der Waals surface area contributed by atoms with Crippen LogP contribution in [0.25, 0.3) is 0 Å². The van der Waals surface area contributed by atoms with Gasteiger partial charge in [-0.05, 0) is 37.0 Å². The molecule has 1 N–H and O–H groups in total. The maximum Gasteiger partial charge on any atom is 0.337 e. The van der Waals surface area contributed by atoms with E-state index in [4.69, 9.17) is 0 Å². The van der Waals surface area contributed by atoms with Crippen molar-refractivity contribution < 1.29 is 14.3 Å². The highest BCUT2D eigenvalue weighted by Crippen LogP contribution is 2.37. The van der Waals surface area contributed by atoms with E-state index in [9.17, 15) is 9.59 Å². The first-order valence-electron chi connectivity index (χ1n) is 7.51. The van der Waals surface area contributed by atoms with Crippen LogP contribution in [-0.2, 0) is 16.0 Å². The summed E-state index contributed by atoms with van der Waals surface area (Å²) in [6, 6.07) is 7.30. The number of esters is 1. The summed E-state index contributed by atoms with van der Waals surface area (Å²) >= 11 is 0. The van der Waals surface area contributed by atoms with Crippen molar-refractivity contribution in [2.75, 3.05) is 13.7 Å². The fourth-order valence-electron chi connectivity index (χ4n) is 2.84. The Morgan fingerprint density at radius 3 is 2.38 bits per heavy atom. The molecule has 0 spiro atoms. The number of ether oxygens (including phenoxy) is 1. The van der Waals surface area contributed by atoms with Gasteiger partial charge in [-0.3, -0.25) is 4.79 Å². The van der Waals surface area contributed by atoms with Gasteiger partial charge in [-0.15, -0.1) is 0 Å². The van der Waals surface area contributed by atoms with Crippen LogP contribution in [0.2, 0.25) is 0 Å². The van der Waals surface area contributed by atoms with Gasteiger partial charge in [0.25, 0.3) is 0 Å². The Labute approximate surface area is 125 Å². The molecule has 0 heterocycles. The van der Waals surface area contributed by atoms with Crippen LogP contribution in [0.15, 0.2) is 24.3 Å². The first-order valence-corrected chi connectivity index (χ1v) is 7.51. The van der Waals surface area contributed by atoms with Crippen LogP contribution >= 0.6 is 0 Å². The normalized spacial score (nSPS) is 16.5. The summed E-state index contributed by atoms with van der Waals surface area (Å²) in [5.74, 6) is -0.157. The van der Waals surface area contributed by atoms with Gasteiger partial charge >= 0.3 is 5.97 Å². The summed E-state index contributed by atoms with van der Waals surface area (Å²) in [5.41, 5.74) is 1.47. The zero-order valence-electron chi connectivity index (χ0n) is 12.8. The van der Waals surface area contributed by atoms with Crippen LogP contribution in [0.3, 0.4) is 0 Å². The largest absolute Gasteiger partial charge is 0.465 e. The first kappa shape index (κ1) is 15.5. The number of carbonyl (C=O) groups excluding carboxylic acids is 2. The zero-order chi connectivity index (χ0) is 15.3. The van der Waals surface area contributed by atoms with E-state index in [1.807, 2.05) is 12.1 Å². The highest BCUT2D eigenvalue weighted by atomic mass is 16.5. The van der Waals surface area contributed by atoms with E-state index in [2.05, 4.69) is 17.0 Å². The molecule has 1 aliphatic carbocycles. The Morgan fingerprint density at radius 2 is 1.81 bits per heavy atom. The van der Waals surface area contributed by atoms with Gasteiger partial charge < -0.3 is 10.1 Å². The second kappa shape index (κ2) is 6.74. The Hall–Kier alpha value is -1.84. The molecule has 21 heavy (non-hydrogen) atoms. The Morgan fingerprint density at radius 1 is 1.19 bits per heavy atom. The lowest BCUT2D eigenvalue weighted by Crippen LogP contribution is -2.38. The third-order valence-corrected chi connectivity index (χ3v) is 4.33. The van der Waals surface area contributed by atoms with Crippen molar-refractivity contribution in [3.63, 3.8) is 0 Å². The van der Waals surface area contributed by atoms with Gasteiger partial charge in [0.1, 0.15) is 0 Å². The third kappa shape index (κ3) is 3.84. The summed E-state index contributed by atoms with van der Waals surface area (Å²) in [5, 5.41) is 3.03. The Balaban J connectivity index is 1.81. The average Bonchev–Trinajstić information content (AvgIpc) is 2.95. The van der Waals surface area contributed by atoms with Crippen molar-refractivity contribution in [1.29, 1.82) is 0 Å². The maximum atomic E-state index is 12.2.